The summed E-state index contributed by atoms with van der Waals surface area (Å²) in [7, 11) is 0. The lowest BCUT2D eigenvalue weighted by Crippen LogP contribution is -2.32. The number of non-ortho nitro benzene ring substituents is 1. The van der Waals surface area contributed by atoms with Crippen LogP contribution >= 0.6 is 11.8 Å². The van der Waals surface area contributed by atoms with E-state index in [1.165, 1.54) is 40.9 Å². The molecule has 2 aromatic carbocycles. The molecule has 138 valence electrons. The largest absolute Gasteiger partial charge is 0.273 e. The van der Waals surface area contributed by atoms with E-state index in [4.69, 9.17) is 0 Å². The molecule has 9 heteroatoms. The van der Waals surface area contributed by atoms with E-state index < -0.39 is 10.8 Å². The summed E-state index contributed by atoms with van der Waals surface area (Å²) in [6.07, 6.45) is 0. The first kappa shape index (κ1) is 18.6. The number of carbonyl (C=O) groups excluding carboxylic acids is 2. The van der Waals surface area contributed by atoms with Crippen LogP contribution in [-0.4, -0.2) is 27.7 Å². The van der Waals surface area contributed by atoms with Crippen molar-refractivity contribution in [2.45, 2.75) is 13.8 Å². The Hall–Kier alpha value is -3.20. The van der Waals surface area contributed by atoms with Crippen LogP contribution in [0, 0.1) is 24.0 Å². The van der Waals surface area contributed by atoms with Gasteiger partial charge in [-0.1, -0.05) is 23.9 Å². The number of nitro benzene ring substituents is 1. The lowest BCUT2D eigenvalue weighted by Gasteiger charge is -2.19. The zero-order chi connectivity index (χ0) is 19.6. The van der Waals surface area contributed by atoms with Crippen molar-refractivity contribution in [3.05, 3.63) is 69.3 Å². The first-order valence-electron chi connectivity index (χ1n) is 8.03. The third-order valence-corrected chi connectivity index (χ3v) is 5.10. The van der Waals surface area contributed by atoms with Crippen molar-refractivity contribution < 1.29 is 14.5 Å². The summed E-state index contributed by atoms with van der Waals surface area (Å²) in [5.74, 6) is -0.394. The molecule has 2 aromatic rings. The SMILES string of the molecule is Cc1cccc(N2C(=O)CS/C2=N\NC(=O)c2ccc([N+](=O)[O-])cc2)c1C. The van der Waals surface area contributed by atoms with Crippen molar-refractivity contribution in [3.8, 4) is 0 Å². The van der Waals surface area contributed by atoms with E-state index in [1.807, 2.05) is 32.0 Å². The van der Waals surface area contributed by atoms with Gasteiger partial charge in [0.05, 0.1) is 16.4 Å². The number of amides is 2. The summed E-state index contributed by atoms with van der Waals surface area (Å²) >= 11 is 1.23. The molecule has 1 fully saturated rings. The Morgan fingerprint density at radius 3 is 2.59 bits per heavy atom. The molecular weight excluding hydrogens is 368 g/mol. The number of benzene rings is 2. The lowest BCUT2D eigenvalue weighted by atomic mass is 10.1. The Morgan fingerprint density at radius 2 is 1.93 bits per heavy atom. The van der Waals surface area contributed by atoms with Gasteiger partial charge in [0.25, 0.3) is 11.6 Å². The van der Waals surface area contributed by atoms with Crippen LogP contribution in [0.1, 0.15) is 21.5 Å². The Bertz CT molecular complexity index is 956. The summed E-state index contributed by atoms with van der Waals surface area (Å²) in [5.41, 5.74) is 5.28. The maximum atomic E-state index is 12.3. The number of aryl methyl sites for hydroxylation is 1. The minimum absolute atomic E-state index is 0.101. The normalized spacial score (nSPS) is 15.3. The van der Waals surface area contributed by atoms with Crippen LogP contribution in [0.2, 0.25) is 0 Å². The molecule has 0 atom stereocenters. The lowest BCUT2D eigenvalue weighted by molar-refractivity contribution is -0.384. The number of amidine groups is 1. The van der Waals surface area contributed by atoms with Crippen molar-refractivity contribution in [1.82, 2.24) is 5.43 Å². The molecule has 0 aliphatic carbocycles. The molecule has 27 heavy (non-hydrogen) atoms. The van der Waals surface area contributed by atoms with Crippen LogP contribution in [-0.2, 0) is 4.79 Å². The molecular formula is C18H16N4O4S. The molecule has 1 aliphatic rings. The van der Waals surface area contributed by atoms with E-state index in [0.717, 1.165) is 16.8 Å². The average molecular weight is 384 g/mol. The van der Waals surface area contributed by atoms with E-state index in [9.17, 15) is 19.7 Å². The number of carbonyl (C=O) groups is 2. The number of nitro groups is 1. The molecule has 0 unspecified atom stereocenters. The molecule has 0 saturated carbocycles. The van der Waals surface area contributed by atoms with Gasteiger partial charge < -0.3 is 0 Å². The van der Waals surface area contributed by atoms with Crippen molar-refractivity contribution in [3.63, 3.8) is 0 Å². The fourth-order valence-corrected chi connectivity index (χ4v) is 3.38. The van der Waals surface area contributed by atoms with E-state index in [1.54, 1.807) is 0 Å². The third kappa shape index (κ3) is 3.82. The van der Waals surface area contributed by atoms with Crippen LogP contribution < -0.4 is 10.3 Å². The van der Waals surface area contributed by atoms with E-state index in [0.29, 0.717) is 5.17 Å². The monoisotopic (exact) mass is 384 g/mol. The summed E-state index contributed by atoms with van der Waals surface area (Å²) in [4.78, 5) is 36.2. The highest BCUT2D eigenvalue weighted by atomic mass is 32.2. The van der Waals surface area contributed by atoms with E-state index in [2.05, 4.69) is 10.5 Å². The van der Waals surface area contributed by atoms with Gasteiger partial charge in [0.15, 0.2) is 5.17 Å². The minimum atomic E-state index is -0.537. The Labute approximate surface area is 159 Å². The molecule has 0 radical (unpaired) electrons. The number of hydrogen-bond acceptors (Lipinski definition) is 6. The number of nitrogens with zero attached hydrogens (tertiary/aromatic N) is 3. The van der Waals surface area contributed by atoms with Gasteiger partial charge in [0, 0.05) is 17.7 Å². The number of anilines is 1. The van der Waals surface area contributed by atoms with Crippen LogP contribution in [0.25, 0.3) is 0 Å². The highest BCUT2D eigenvalue weighted by molar-refractivity contribution is 8.15. The molecule has 1 saturated heterocycles. The van der Waals surface area contributed by atoms with Crippen LogP contribution in [0.4, 0.5) is 11.4 Å². The summed E-state index contributed by atoms with van der Waals surface area (Å²) in [6, 6.07) is 10.9. The second-order valence-corrected chi connectivity index (χ2v) is 6.82. The maximum absolute atomic E-state index is 12.3. The first-order chi connectivity index (χ1) is 12.9. The van der Waals surface area contributed by atoms with Gasteiger partial charge in [-0.25, -0.2) is 5.43 Å². The third-order valence-electron chi connectivity index (χ3n) is 4.18. The zero-order valence-electron chi connectivity index (χ0n) is 14.6. The van der Waals surface area contributed by atoms with Crippen LogP contribution in [0.5, 0.6) is 0 Å². The number of rotatable bonds is 4. The first-order valence-corrected chi connectivity index (χ1v) is 9.01. The van der Waals surface area contributed by atoms with Gasteiger partial charge in [-0.3, -0.25) is 24.6 Å². The average Bonchev–Trinajstić information content (AvgIpc) is 3.02. The molecule has 0 bridgehead atoms. The summed E-state index contributed by atoms with van der Waals surface area (Å²) in [6.45, 7) is 3.88. The quantitative estimate of drug-likeness (QED) is 0.644. The predicted octanol–water partition coefficient (Wildman–Crippen LogP) is 2.99. The number of nitrogens with one attached hydrogen (secondary N) is 1. The Balaban J connectivity index is 1.81. The van der Waals surface area contributed by atoms with Crippen molar-refractivity contribution in [2.75, 3.05) is 10.7 Å². The molecule has 3 rings (SSSR count). The minimum Gasteiger partial charge on any atom is -0.273 e. The Morgan fingerprint density at radius 1 is 1.22 bits per heavy atom. The fraction of sp³-hybridized carbons (Fsp3) is 0.167. The van der Waals surface area contributed by atoms with Gasteiger partial charge in [-0.2, -0.15) is 0 Å². The molecule has 1 N–H and O–H groups in total. The van der Waals surface area contributed by atoms with Crippen LogP contribution in [0.15, 0.2) is 47.6 Å². The molecule has 1 heterocycles. The summed E-state index contributed by atoms with van der Waals surface area (Å²) < 4.78 is 0. The zero-order valence-corrected chi connectivity index (χ0v) is 15.4. The van der Waals surface area contributed by atoms with Crippen molar-refractivity contribution in [1.29, 1.82) is 0 Å². The van der Waals surface area contributed by atoms with E-state index in [-0.39, 0.29) is 22.9 Å². The fourth-order valence-electron chi connectivity index (χ4n) is 2.56. The maximum Gasteiger partial charge on any atom is 0.271 e. The standard InChI is InChI=1S/C18H16N4O4S/c1-11-4-3-5-15(12(11)2)21-16(23)10-27-18(21)20-19-17(24)13-6-8-14(9-7-13)22(25)26/h3-9H,10H2,1-2H3,(H,19,24)/b20-18-. The highest BCUT2D eigenvalue weighted by Gasteiger charge is 2.31. The predicted molar refractivity (Wildman–Crippen MR) is 104 cm³/mol. The second kappa shape index (κ2) is 7.58. The smallest absolute Gasteiger partial charge is 0.271 e. The molecule has 0 aromatic heterocycles. The summed E-state index contributed by atoms with van der Waals surface area (Å²) in [5, 5.41) is 15.1. The topological polar surface area (TPSA) is 105 Å². The van der Waals surface area contributed by atoms with Crippen molar-refractivity contribution in [2.24, 2.45) is 5.10 Å². The number of hydrazone groups is 1. The van der Waals surface area contributed by atoms with Gasteiger partial charge in [0.2, 0.25) is 5.91 Å². The number of hydrogen-bond donors (Lipinski definition) is 1. The van der Waals surface area contributed by atoms with Crippen LogP contribution in [0.3, 0.4) is 0 Å². The molecule has 0 spiro atoms. The van der Waals surface area contributed by atoms with E-state index >= 15 is 0 Å². The molecule has 8 nitrogen and oxygen atoms in total. The highest BCUT2D eigenvalue weighted by Crippen LogP contribution is 2.30. The molecule has 2 amide bonds. The second-order valence-electron chi connectivity index (χ2n) is 5.88. The molecule has 1 aliphatic heterocycles. The van der Waals surface area contributed by atoms with Gasteiger partial charge >= 0.3 is 0 Å². The van der Waals surface area contributed by atoms with Crippen molar-refractivity contribution >= 4 is 40.1 Å². The number of thioether (sulfide) groups is 1. The van der Waals surface area contributed by atoms with Gasteiger partial charge in [-0.05, 0) is 43.2 Å². The van der Waals surface area contributed by atoms with Gasteiger partial charge in [0.1, 0.15) is 0 Å². The Kier molecular flexibility index (Phi) is 5.22. The van der Waals surface area contributed by atoms with Gasteiger partial charge in [-0.15, -0.1) is 5.10 Å².